The quantitative estimate of drug-likeness (QED) is 0.192. The summed E-state index contributed by atoms with van der Waals surface area (Å²) in [4.78, 5) is 38.1. The number of rotatable bonds is 4. The molecule has 0 bridgehead atoms. The van der Waals surface area contributed by atoms with Crippen LogP contribution in [0.3, 0.4) is 0 Å². The van der Waals surface area contributed by atoms with Gasteiger partial charge in [0.15, 0.2) is 11.0 Å². The molecule has 2 aromatic rings. The van der Waals surface area contributed by atoms with Crippen molar-refractivity contribution in [2.75, 3.05) is 4.90 Å². The standard InChI is InChI=1S/C18H13IN4O4S/c19-13-7-6-10(8-14(13)24)15(25)22-20-9-12-16(26)21-18(28)23(17(12)27)11-4-2-1-3-5-11/h1-9,12,24H,(H,22,25)(H,21,26,28)/b20-9-/t12-/m1/s1. The van der Waals surface area contributed by atoms with Crippen molar-refractivity contribution in [3.63, 3.8) is 0 Å². The number of halogens is 1. The highest BCUT2D eigenvalue weighted by molar-refractivity contribution is 14.1. The molecule has 1 saturated heterocycles. The molecule has 0 aliphatic carbocycles. The van der Waals surface area contributed by atoms with Gasteiger partial charge in [0.25, 0.3) is 11.8 Å². The lowest BCUT2D eigenvalue weighted by atomic mass is 10.1. The first-order valence-corrected chi connectivity index (χ1v) is 9.43. The van der Waals surface area contributed by atoms with Crippen LogP contribution < -0.4 is 15.6 Å². The second-order valence-corrected chi connectivity index (χ2v) is 7.22. The Morgan fingerprint density at radius 2 is 1.96 bits per heavy atom. The number of aromatic hydroxyl groups is 1. The molecule has 1 atom stereocenters. The molecule has 0 unspecified atom stereocenters. The molecular formula is C18H13IN4O4S. The van der Waals surface area contributed by atoms with Crippen LogP contribution in [0.5, 0.6) is 5.75 Å². The number of para-hydroxylation sites is 1. The Hall–Kier alpha value is -2.86. The van der Waals surface area contributed by atoms with Crippen LogP contribution in [0.25, 0.3) is 0 Å². The zero-order valence-electron chi connectivity index (χ0n) is 14.1. The summed E-state index contributed by atoms with van der Waals surface area (Å²) in [6.45, 7) is 0. The van der Waals surface area contributed by atoms with E-state index >= 15 is 0 Å². The van der Waals surface area contributed by atoms with Gasteiger partial charge in [0.05, 0.1) is 9.26 Å². The van der Waals surface area contributed by atoms with E-state index in [9.17, 15) is 19.5 Å². The first kappa shape index (κ1) is 19.9. The maximum Gasteiger partial charge on any atom is 0.271 e. The molecule has 3 rings (SSSR count). The molecular weight excluding hydrogens is 495 g/mol. The van der Waals surface area contributed by atoms with E-state index in [0.29, 0.717) is 9.26 Å². The second-order valence-electron chi connectivity index (χ2n) is 5.67. The van der Waals surface area contributed by atoms with Gasteiger partial charge in [0, 0.05) is 11.8 Å². The number of benzene rings is 2. The molecule has 0 spiro atoms. The van der Waals surface area contributed by atoms with Gasteiger partial charge in [0.1, 0.15) is 5.75 Å². The van der Waals surface area contributed by atoms with Gasteiger partial charge >= 0.3 is 0 Å². The predicted molar refractivity (Wildman–Crippen MR) is 115 cm³/mol. The van der Waals surface area contributed by atoms with Crippen molar-refractivity contribution >= 4 is 69.5 Å². The number of nitrogens with zero attached hydrogens (tertiary/aromatic N) is 2. The first-order valence-electron chi connectivity index (χ1n) is 7.94. The van der Waals surface area contributed by atoms with Gasteiger partial charge in [-0.25, -0.2) is 5.43 Å². The van der Waals surface area contributed by atoms with Crippen LogP contribution in [0, 0.1) is 9.49 Å². The second kappa shape index (κ2) is 8.44. The average molecular weight is 508 g/mol. The van der Waals surface area contributed by atoms with E-state index in [-0.39, 0.29) is 16.4 Å². The predicted octanol–water partition coefficient (Wildman–Crippen LogP) is 1.78. The number of carbonyl (C=O) groups excluding carboxylic acids is 3. The van der Waals surface area contributed by atoms with Crippen LogP contribution in [-0.4, -0.2) is 34.2 Å². The molecule has 1 aliphatic rings. The van der Waals surface area contributed by atoms with Crippen molar-refractivity contribution in [1.82, 2.24) is 10.7 Å². The summed E-state index contributed by atoms with van der Waals surface area (Å²) in [6, 6.07) is 13.0. The van der Waals surface area contributed by atoms with Crippen molar-refractivity contribution in [3.05, 3.63) is 57.7 Å². The van der Waals surface area contributed by atoms with Crippen molar-refractivity contribution in [2.24, 2.45) is 11.0 Å². The van der Waals surface area contributed by atoms with E-state index in [4.69, 9.17) is 12.2 Å². The zero-order valence-corrected chi connectivity index (χ0v) is 17.1. The zero-order chi connectivity index (χ0) is 20.3. The third kappa shape index (κ3) is 4.17. The monoisotopic (exact) mass is 508 g/mol. The van der Waals surface area contributed by atoms with Crippen LogP contribution in [-0.2, 0) is 9.59 Å². The third-order valence-electron chi connectivity index (χ3n) is 3.81. The Labute approximate surface area is 178 Å². The maximum absolute atomic E-state index is 12.7. The fraction of sp³-hybridized carbons (Fsp3) is 0.0556. The molecule has 2 aromatic carbocycles. The highest BCUT2D eigenvalue weighted by Gasteiger charge is 2.38. The van der Waals surface area contributed by atoms with Gasteiger partial charge in [-0.05, 0) is 65.1 Å². The average Bonchev–Trinajstić information content (AvgIpc) is 2.67. The van der Waals surface area contributed by atoms with Crippen molar-refractivity contribution in [1.29, 1.82) is 0 Å². The lowest BCUT2D eigenvalue weighted by Crippen LogP contribution is -2.58. The molecule has 8 nitrogen and oxygen atoms in total. The summed E-state index contributed by atoms with van der Waals surface area (Å²) in [5.41, 5.74) is 2.92. The SMILES string of the molecule is O=C(N/N=C\[C@@H]1C(=O)NC(=S)N(c2ccccc2)C1=O)c1ccc(I)c(O)c1. The van der Waals surface area contributed by atoms with Crippen LogP contribution in [0.15, 0.2) is 53.6 Å². The number of phenols is 1. The molecule has 0 radical (unpaired) electrons. The van der Waals surface area contributed by atoms with Crippen molar-refractivity contribution in [3.8, 4) is 5.75 Å². The molecule has 1 heterocycles. The summed E-state index contributed by atoms with van der Waals surface area (Å²) < 4.78 is 0.596. The number of anilines is 1. The van der Waals surface area contributed by atoms with Gasteiger partial charge in [0.2, 0.25) is 5.91 Å². The topological polar surface area (TPSA) is 111 Å². The number of hydrogen-bond donors (Lipinski definition) is 3. The van der Waals surface area contributed by atoms with Crippen molar-refractivity contribution < 1.29 is 19.5 Å². The van der Waals surface area contributed by atoms with E-state index < -0.39 is 23.6 Å². The smallest absolute Gasteiger partial charge is 0.271 e. The minimum absolute atomic E-state index is 0.0238. The Bertz CT molecular complexity index is 996. The molecule has 0 saturated carbocycles. The number of thiocarbonyl (C=S) groups is 1. The van der Waals surface area contributed by atoms with Gasteiger partial charge < -0.3 is 10.4 Å². The van der Waals surface area contributed by atoms with E-state index in [1.54, 1.807) is 36.4 Å². The fourth-order valence-electron chi connectivity index (χ4n) is 2.43. The Kier molecular flexibility index (Phi) is 5.99. The Morgan fingerprint density at radius 1 is 1.25 bits per heavy atom. The minimum atomic E-state index is -1.25. The molecule has 142 valence electrons. The van der Waals surface area contributed by atoms with Crippen molar-refractivity contribution in [2.45, 2.75) is 0 Å². The highest BCUT2D eigenvalue weighted by Crippen LogP contribution is 2.21. The number of hydrazone groups is 1. The van der Waals surface area contributed by atoms with Gasteiger partial charge in [-0.1, -0.05) is 18.2 Å². The minimum Gasteiger partial charge on any atom is -0.507 e. The Morgan fingerprint density at radius 3 is 2.64 bits per heavy atom. The molecule has 3 N–H and O–H groups in total. The number of amides is 3. The normalized spacial score (nSPS) is 17.0. The number of carbonyl (C=O) groups is 3. The molecule has 1 fully saturated rings. The lowest BCUT2D eigenvalue weighted by Gasteiger charge is -2.30. The number of phenolic OH excluding ortho intramolecular Hbond substituents is 1. The summed E-state index contributed by atoms with van der Waals surface area (Å²) in [6.07, 6.45) is 1.04. The van der Waals surface area contributed by atoms with Crippen LogP contribution in [0.4, 0.5) is 5.69 Å². The summed E-state index contributed by atoms with van der Waals surface area (Å²) in [5, 5.41) is 15.8. The number of nitrogens with one attached hydrogen (secondary N) is 2. The third-order valence-corrected chi connectivity index (χ3v) is 5.01. The van der Waals surface area contributed by atoms with Crippen LogP contribution >= 0.6 is 34.8 Å². The summed E-state index contributed by atoms with van der Waals surface area (Å²) in [5.74, 6) is -3.09. The number of hydrogen-bond acceptors (Lipinski definition) is 6. The van der Waals surface area contributed by atoms with E-state index in [1.165, 1.54) is 17.0 Å². The summed E-state index contributed by atoms with van der Waals surface area (Å²) >= 11 is 7.02. The lowest BCUT2D eigenvalue weighted by molar-refractivity contribution is -0.130. The van der Waals surface area contributed by atoms with E-state index in [1.807, 2.05) is 22.6 Å². The molecule has 10 heteroatoms. The first-order chi connectivity index (χ1) is 13.4. The van der Waals surface area contributed by atoms with Gasteiger partial charge in [-0.3, -0.25) is 19.3 Å². The highest BCUT2D eigenvalue weighted by atomic mass is 127. The molecule has 0 aromatic heterocycles. The van der Waals surface area contributed by atoms with Gasteiger partial charge in [-0.15, -0.1) is 0 Å². The van der Waals surface area contributed by atoms with Gasteiger partial charge in [-0.2, -0.15) is 5.10 Å². The van der Waals surface area contributed by atoms with E-state index in [0.717, 1.165) is 6.21 Å². The fourth-order valence-corrected chi connectivity index (χ4v) is 3.06. The van der Waals surface area contributed by atoms with Crippen LogP contribution in [0.1, 0.15) is 10.4 Å². The molecule has 28 heavy (non-hydrogen) atoms. The van der Waals surface area contributed by atoms with Crippen LogP contribution in [0.2, 0.25) is 0 Å². The van der Waals surface area contributed by atoms with E-state index in [2.05, 4.69) is 15.8 Å². The largest absolute Gasteiger partial charge is 0.507 e. The molecule has 1 aliphatic heterocycles. The maximum atomic E-state index is 12.7. The summed E-state index contributed by atoms with van der Waals surface area (Å²) in [7, 11) is 0. The molecule has 3 amide bonds. The Balaban J connectivity index is 1.74.